The molecule has 0 spiro atoms. The minimum absolute atomic E-state index is 0.454. The van der Waals surface area contributed by atoms with Crippen molar-refractivity contribution in [1.82, 2.24) is 4.90 Å². The highest BCUT2D eigenvalue weighted by Gasteiger charge is 2.46. The molecular weight excluding hydrogens is 174 g/mol. The van der Waals surface area contributed by atoms with Gasteiger partial charge in [0.2, 0.25) is 0 Å². The summed E-state index contributed by atoms with van der Waals surface area (Å²) in [6.45, 7) is 6.81. The van der Waals surface area contributed by atoms with E-state index in [4.69, 9.17) is 0 Å². The van der Waals surface area contributed by atoms with Crippen molar-refractivity contribution in [1.29, 1.82) is 0 Å². The number of fused-ring (bicyclic) bond motifs is 1. The van der Waals surface area contributed by atoms with Crippen molar-refractivity contribution in [3.63, 3.8) is 0 Å². The molecular formula is C12H21NO. The highest BCUT2D eigenvalue weighted by atomic mass is 16.1. The number of hydrogen-bond acceptors (Lipinski definition) is 2. The zero-order valence-electron chi connectivity index (χ0n) is 9.38. The molecule has 0 N–H and O–H groups in total. The molecule has 0 aromatic carbocycles. The summed E-state index contributed by atoms with van der Waals surface area (Å²) in [4.78, 5) is 14.0. The first-order valence-electron chi connectivity index (χ1n) is 5.97. The lowest BCUT2D eigenvalue weighted by molar-refractivity contribution is -0.123. The summed E-state index contributed by atoms with van der Waals surface area (Å²) in [6.07, 6.45) is 5.38. The summed E-state index contributed by atoms with van der Waals surface area (Å²) in [5, 5.41) is 0. The third-order valence-electron chi connectivity index (χ3n) is 4.55. The Labute approximate surface area is 86.7 Å². The van der Waals surface area contributed by atoms with Crippen LogP contribution in [0.2, 0.25) is 0 Å². The van der Waals surface area contributed by atoms with E-state index in [0.29, 0.717) is 17.2 Å². The van der Waals surface area contributed by atoms with Gasteiger partial charge in [-0.05, 0) is 31.2 Å². The molecule has 0 amide bonds. The molecule has 0 aromatic rings. The molecule has 2 aliphatic rings. The molecule has 0 bridgehead atoms. The van der Waals surface area contributed by atoms with Gasteiger partial charge < -0.3 is 0 Å². The second-order valence-electron chi connectivity index (χ2n) is 4.86. The maximum atomic E-state index is 11.5. The zero-order valence-corrected chi connectivity index (χ0v) is 9.38. The highest BCUT2D eigenvalue weighted by molar-refractivity contribution is 5.80. The van der Waals surface area contributed by atoms with Crippen molar-refractivity contribution in [2.45, 2.75) is 52.0 Å². The van der Waals surface area contributed by atoms with Crippen LogP contribution in [0.1, 0.15) is 46.0 Å². The second-order valence-corrected chi connectivity index (χ2v) is 4.86. The monoisotopic (exact) mass is 195 g/mol. The molecule has 2 saturated heterocycles. The lowest BCUT2D eigenvalue weighted by Gasteiger charge is -2.39. The van der Waals surface area contributed by atoms with Crippen molar-refractivity contribution in [3.8, 4) is 0 Å². The van der Waals surface area contributed by atoms with Gasteiger partial charge in [-0.2, -0.15) is 0 Å². The molecule has 2 heterocycles. The highest BCUT2D eigenvalue weighted by Crippen LogP contribution is 2.45. The van der Waals surface area contributed by atoms with Gasteiger partial charge in [0.15, 0.2) is 0 Å². The van der Waals surface area contributed by atoms with E-state index in [-0.39, 0.29) is 0 Å². The van der Waals surface area contributed by atoms with E-state index in [1.165, 1.54) is 25.8 Å². The van der Waals surface area contributed by atoms with E-state index in [9.17, 15) is 4.79 Å². The lowest BCUT2D eigenvalue weighted by Crippen LogP contribution is -2.45. The van der Waals surface area contributed by atoms with Crippen molar-refractivity contribution in [2.75, 3.05) is 13.1 Å². The molecule has 2 nitrogen and oxygen atoms in total. The number of Topliss-reactive ketones (excluding diaryl/α,β-unsaturated/α-hetero) is 1. The van der Waals surface area contributed by atoms with Crippen LogP contribution in [0.4, 0.5) is 0 Å². The average molecular weight is 195 g/mol. The summed E-state index contributed by atoms with van der Waals surface area (Å²) in [7, 11) is 0. The van der Waals surface area contributed by atoms with Gasteiger partial charge in [-0.3, -0.25) is 9.69 Å². The number of carbonyl (C=O) groups is 1. The number of carbonyl (C=O) groups excluding carboxylic acids is 1. The number of piperidine rings is 1. The molecule has 0 radical (unpaired) electrons. The van der Waals surface area contributed by atoms with Gasteiger partial charge in [-0.1, -0.05) is 13.8 Å². The Bertz CT molecular complexity index is 232. The summed E-state index contributed by atoms with van der Waals surface area (Å²) in [5.74, 6) is 0.486. The van der Waals surface area contributed by atoms with E-state index < -0.39 is 0 Å². The smallest absolute Gasteiger partial charge is 0.135 e. The molecule has 2 fully saturated rings. The number of hydrogen-bond donors (Lipinski definition) is 0. The van der Waals surface area contributed by atoms with Crippen LogP contribution in [0.25, 0.3) is 0 Å². The fourth-order valence-corrected chi connectivity index (χ4v) is 3.35. The van der Waals surface area contributed by atoms with Crippen LogP contribution in [0.15, 0.2) is 0 Å². The van der Waals surface area contributed by atoms with E-state index >= 15 is 0 Å². The normalized spacial score (nSPS) is 31.9. The van der Waals surface area contributed by atoms with Crippen molar-refractivity contribution < 1.29 is 4.79 Å². The molecule has 0 saturated carbocycles. The average Bonchev–Trinajstić information content (AvgIpc) is 2.57. The molecule has 1 unspecified atom stereocenters. The van der Waals surface area contributed by atoms with Crippen LogP contribution < -0.4 is 0 Å². The van der Waals surface area contributed by atoms with Crippen LogP contribution in [0.3, 0.4) is 0 Å². The Morgan fingerprint density at radius 1 is 1.36 bits per heavy atom. The minimum Gasteiger partial charge on any atom is -0.300 e. The summed E-state index contributed by atoms with van der Waals surface area (Å²) < 4.78 is 0. The van der Waals surface area contributed by atoms with Crippen molar-refractivity contribution >= 4 is 5.78 Å². The number of nitrogens with zero attached hydrogens (tertiary/aromatic N) is 1. The van der Waals surface area contributed by atoms with Gasteiger partial charge >= 0.3 is 0 Å². The molecule has 80 valence electrons. The number of ketones is 1. The predicted octanol–water partition coefficient (Wildman–Crippen LogP) is 2.23. The summed E-state index contributed by atoms with van der Waals surface area (Å²) in [5.41, 5.74) is 0.454. The van der Waals surface area contributed by atoms with E-state index in [0.717, 1.165) is 19.4 Å². The summed E-state index contributed by atoms with van der Waals surface area (Å²) in [6, 6.07) is 0.568. The molecule has 2 rings (SSSR count). The molecule has 14 heavy (non-hydrogen) atoms. The maximum Gasteiger partial charge on any atom is 0.135 e. The fourth-order valence-electron chi connectivity index (χ4n) is 3.35. The van der Waals surface area contributed by atoms with Crippen LogP contribution in [0, 0.1) is 5.41 Å². The Hall–Kier alpha value is -0.370. The van der Waals surface area contributed by atoms with Crippen molar-refractivity contribution in [2.24, 2.45) is 5.41 Å². The Balaban J connectivity index is 2.18. The van der Waals surface area contributed by atoms with Crippen LogP contribution in [0.5, 0.6) is 0 Å². The van der Waals surface area contributed by atoms with Gasteiger partial charge in [0, 0.05) is 25.4 Å². The quantitative estimate of drug-likeness (QED) is 0.673. The summed E-state index contributed by atoms with van der Waals surface area (Å²) >= 11 is 0. The van der Waals surface area contributed by atoms with Gasteiger partial charge in [-0.15, -0.1) is 0 Å². The van der Waals surface area contributed by atoms with Crippen molar-refractivity contribution in [3.05, 3.63) is 0 Å². The third kappa shape index (κ3) is 1.40. The predicted molar refractivity (Wildman–Crippen MR) is 57.2 cm³/mol. The maximum absolute atomic E-state index is 11.5. The van der Waals surface area contributed by atoms with E-state index in [1.54, 1.807) is 0 Å². The standard InChI is InChI=1S/C12H21NO/c1-3-12(4-2)6-8-13-7-5-10(14)9-11(12)13/h11H,3-9H2,1-2H3. The zero-order chi connectivity index (χ0) is 10.2. The first-order chi connectivity index (χ1) is 6.72. The molecule has 2 aliphatic heterocycles. The van der Waals surface area contributed by atoms with Gasteiger partial charge in [0.25, 0.3) is 0 Å². The SMILES string of the molecule is CCC1(CC)CCN2CCC(=O)CC21. The van der Waals surface area contributed by atoms with Crippen LogP contribution >= 0.6 is 0 Å². The van der Waals surface area contributed by atoms with E-state index in [1.807, 2.05) is 0 Å². The third-order valence-corrected chi connectivity index (χ3v) is 4.55. The van der Waals surface area contributed by atoms with Gasteiger partial charge in [-0.25, -0.2) is 0 Å². The Kier molecular flexibility index (Phi) is 2.65. The topological polar surface area (TPSA) is 20.3 Å². The van der Waals surface area contributed by atoms with E-state index in [2.05, 4.69) is 18.7 Å². The lowest BCUT2D eigenvalue weighted by atomic mass is 9.73. The van der Waals surface area contributed by atoms with Gasteiger partial charge in [0.1, 0.15) is 5.78 Å². The molecule has 0 aliphatic carbocycles. The first-order valence-corrected chi connectivity index (χ1v) is 5.97. The number of rotatable bonds is 2. The minimum atomic E-state index is 0.454. The molecule has 2 heteroatoms. The van der Waals surface area contributed by atoms with Crippen LogP contribution in [-0.2, 0) is 4.79 Å². The molecule has 1 atom stereocenters. The Morgan fingerprint density at radius 2 is 2.07 bits per heavy atom. The van der Waals surface area contributed by atoms with Gasteiger partial charge in [0.05, 0.1) is 0 Å². The largest absolute Gasteiger partial charge is 0.300 e. The first kappa shape index (κ1) is 10.2. The van der Waals surface area contributed by atoms with Crippen LogP contribution in [-0.4, -0.2) is 29.8 Å². The second kappa shape index (κ2) is 3.65. The molecule has 0 aromatic heterocycles. The fraction of sp³-hybridized carbons (Fsp3) is 0.917. The Morgan fingerprint density at radius 3 is 2.71 bits per heavy atom.